The average molecular weight is 415 g/mol. The van der Waals surface area contributed by atoms with Crippen LogP contribution in [0.25, 0.3) is 0 Å². The molecule has 0 aliphatic heterocycles. The standard InChI is InChI=1S/C13H7F5INO/c14-8-2-1-6(3-7(8)13(16,17)18)21-12-4-9(15)10(19)5-11(12)20/h1-5H,20H2. The van der Waals surface area contributed by atoms with Crippen molar-refractivity contribution in [2.45, 2.75) is 6.18 Å². The van der Waals surface area contributed by atoms with Gasteiger partial charge in [-0.3, -0.25) is 0 Å². The van der Waals surface area contributed by atoms with E-state index < -0.39 is 23.4 Å². The Labute approximate surface area is 129 Å². The number of benzene rings is 2. The molecule has 0 radical (unpaired) electrons. The summed E-state index contributed by atoms with van der Waals surface area (Å²) in [7, 11) is 0. The van der Waals surface area contributed by atoms with Crippen molar-refractivity contribution in [1.82, 2.24) is 0 Å². The van der Waals surface area contributed by atoms with Gasteiger partial charge in [-0.25, -0.2) is 8.78 Å². The van der Waals surface area contributed by atoms with Crippen LogP contribution in [-0.4, -0.2) is 0 Å². The summed E-state index contributed by atoms with van der Waals surface area (Å²) in [6, 6.07) is 4.34. The lowest BCUT2D eigenvalue weighted by molar-refractivity contribution is -0.140. The van der Waals surface area contributed by atoms with Crippen LogP contribution in [0.5, 0.6) is 11.5 Å². The van der Waals surface area contributed by atoms with E-state index in [0.717, 1.165) is 12.1 Å². The lowest BCUT2D eigenvalue weighted by Crippen LogP contribution is -2.08. The summed E-state index contributed by atoms with van der Waals surface area (Å²) in [5.41, 5.74) is 4.19. The fraction of sp³-hybridized carbons (Fsp3) is 0.0769. The number of alkyl halides is 3. The molecule has 2 nitrogen and oxygen atoms in total. The highest BCUT2D eigenvalue weighted by molar-refractivity contribution is 14.1. The summed E-state index contributed by atoms with van der Waals surface area (Å²) in [5, 5.41) is 0. The van der Waals surface area contributed by atoms with Crippen molar-refractivity contribution in [3.8, 4) is 11.5 Å². The Hall–Kier alpha value is -1.58. The van der Waals surface area contributed by atoms with Gasteiger partial charge in [-0.15, -0.1) is 0 Å². The SMILES string of the molecule is Nc1cc(I)c(F)cc1Oc1ccc(F)c(C(F)(F)F)c1. The molecule has 0 unspecified atom stereocenters. The lowest BCUT2D eigenvalue weighted by Gasteiger charge is -2.12. The molecular weight excluding hydrogens is 408 g/mol. The third kappa shape index (κ3) is 3.55. The van der Waals surface area contributed by atoms with E-state index in [1.54, 1.807) is 22.6 Å². The summed E-state index contributed by atoms with van der Waals surface area (Å²) in [6.07, 6.45) is -4.85. The van der Waals surface area contributed by atoms with Crippen LogP contribution < -0.4 is 10.5 Å². The van der Waals surface area contributed by atoms with Crippen molar-refractivity contribution in [3.05, 3.63) is 51.1 Å². The minimum absolute atomic E-state index is 0.0543. The smallest absolute Gasteiger partial charge is 0.419 e. The number of hydrogen-bond acceptors (Lipinski definition) is 2. The summed E-state index contributed by atoms with van der Waals surface area (Å²) in [6.45, 7) is 0. The number of halogens is 6. The minimum atomic E-state index is -4.85. The second-order valence-corrected chi connectivity index (χ2v) is 5.21. The lowest BCUT2D eigenvalue weighted by atomic mass is 10.2. The Morgan fingerprint density at radius 3 is 2.29 bits per heavy atom. The maximum atomic E-state index is 13.4. The van der Waals surface area contributed by atoms with Crippen LogP contribution in [0.4, 0.5) is 27.6 Å². The summed E-state index contributed by atoms with van der Waals surface area (Å²) >= 11 is 1.71. The fourth-order valence-electron chi connectivity index (χ4n) is 1.54. The Balaban J connectivity index is 2.39. The van der Waals surface area contributed by atoms with Gasteiger partial charge in [0.25, 0.3) is 0 Å². The third-order valence-corrected chi connectivity index (χ3v) is 3.35. The monoisotopic (exact) mass is 415 g/mol. The zero-order valence-electron chi connectivity index (χ0n) is 10.1. The molecule has 21 heavy (non-hydrogen) atoms. The molecule has 0 bridgehead atoms. The van der Waals surface area contributed by atoms with Gasteiger partial charge in [-0.2, -0.15) is 13.2 Å². The van der Waals surface area contributed by atoms with E-state index in [1.165, 1.54) is 6.07 Å². The van der Waals surface area contributed by atoms with E-state index in [2.05, 4.69) is 0 Å². The predicted octanol–water partition coefficient (Wildman–Crippen LogP) is 4.96. The van der Waals surface area contributed by atoms with Crippen LogP contribution in [-0.2, 0) is 6.18 Å². The van der Waals surface area contributed by atoms with Crippen LogP contribution in [0, 0.1) is 15.2 Å². The number of nitrogen functional groups attached to an aromatic ring is 1. The molecule has 0 aliphatic carbocycles. The predicted molar refractivity (Wildman–Crippen MR) is 75.0 cm³/mol. The molecule has 112 valence electrons. The van der Waals surface area contributed by atoms with Crippen molar-refractivity contribution in [3.63, 3.8) is 0 Å². The second kappa shape index (κ2) is 5.66. The highest BCUT2D eigenvalue weighted by Gasteiger charge is 2.34. The number of hydrogen-bond donors (Lipinski definition) is 1. The van der Waals surface area contributed by atoms with Crippen LogP contribution in [0.15, 0.2) is 30.3 Å². The first-order valence-electron chi connectivity index (χ1n) is 5.47. The minimum Gasteiger partial charge on any atom is -0.455 e. The van der Waals surface area contributed by atoms with Crippen LogP contribution in [0.3, 0.4) is 0 Å². The molecular formula is C13H7F5INO. The van der Waals surface area contributed by atoms with Crippen LogP contribution in [0.1, 0.15) is 5.56 Å². The first kappa shape index (κ1) is 15.8. The molecule has 0 spiro atoms. The average Bonchev–Trinajstić information content (AvgIpc) is 2.37. The van der Waals surface area contributed by atoms with E-state index in [-0.39, 0.29) is 20.8 Å². The number of rotatable bonds is 2. The summed E-state index contributed by atoms with van der Waals surface area (Å²) in [5.74, 6) is -2.49. The molecule has 0 amide bonds. The zero-order valence-corrected chi connectivity index (χ0v) is 12.3. The largest absolute Gasteiger partial charge is 0.455 e. The van der Waals surface area contributed by atoms with E-state index in [0.29, 0.717) is 12.1 Å². The Morgan fingerprint density at radius 1 is 1.00 bits per heavy atom. The molecule has 0 aromatic heterocycles. The molecule has 8 heteroatoms. The van der Waals surface area contributed by atoms with Crippen LogP contribution in [0.2, 0.25) is 0 Å². The molecule has 2 aromatic carbocycles. The van der Waals surface area contributed by atoms with E-state index in [1.807, 2.05) is 0 Å². The van der Waals surface area contributed by atoms with E-state index >= 15 is 0 Å². The molecule has 0 saturated heterocycles. The molecule has 2 rings (SSSR count). The van der Waals surface area contributed by atoms with Crippen molar-refractivity contribution >= 4 is 28.3 Å². The molecule has 0 aliphatic rings. The molecule has 2 aromatic rings. The maximum absolute atomic E-state index is 13.4. The Kier molecular flexibility index (Phi) is 4.26. The van der Waals surface area contributed by atoms with Gasteiger partial charge in [0.1, 0.15) is 17.4 Å². The topological polar surface area (TPSA) is 35.2 Å². The Morgan fingerprint density at radius 2 is 1.67 bits per heavy atom. The number of ether oxygens (including phenoxy) is 1. The van der Waals surface area contributed by atoms with Crippen LogP contribution >= 0.6 is 22.6 Å². The van der Waals surface area contributed by atoms with Gasteiger partial charge in [-0.1, -0.05) is 0 Å². The highest BCUT2D eigenvalue weighted by Crippen LogP contribution is 2.36. The van der Waals surface area contributed by atoms with E-state index in [4.69, 9.17) is 10.5 Å². The van der Waals surface area contributed by atoms with Gasteiger partial charge in [0, 0.05) is 6.07 Å². The second-order valence-electron chi connectivity index (χ2n) is 4.05. The summed E-state index contributed by atoms with van der Waals surface area (Å²) < 4.78 is 69.6. The van der Waals surface area contributed by atoms with Gasteiger partial charge < -0.3 is 10.5 Å². The summed E-state index contributed by atoms with van der Waals surface area (Å²) in [4.78, 5) is 0. The fourth-order valence-corrected chi connectivity index (χ4v) is 2.04. The van der Waals surface area contributed by atoms with Crippen molar-refractivity contribution < 1.29 is 26.7 Å². The maximum Gasteiger partial charge on any atom is 0.419 e. The first-order chi connectivity index (χ1) is 9.68. The van der Waals surface area contributed by atoms with Gasteiger partial charge in [0.15, 0.2) is 5.75 Å². The molecule has 0 saturated carbocycles. The quantitative estimate of drug-likeness (QED) is 0.428. The van der Waals surface area contributed by atoms with Gasteiger partial charge >= 0.3 is 6.18 Å². The van der Waals surface area contributed by atoms with Gasteiger partial charge in [0.05, 0.1) is 14.8 Å². The molecule has 0 fully saturated rings. The third-order valence-electron chi connectivity index (χ3n) is 2.52. The highest BCUT2D eigenvalue weighted by atomic mass is 127. The van der Waals surface area contributed by atoms with Gasteiger partial charge in [0.2, 0.25) is 0 Å². The molecule has 2 N–H and O–H groups in total. The van der Waals surface area contributed by atoms with Crippen molar-refractivity contribution in [2.75, 3.05) is 5.73 Å². The Bertz CT molecular complexity index is 687. The number of anilines is 1. The first-order valence-corrected chi connectivity index (χ1v) is 6.55. The van der Waals surface area contributed by atoms with Gasteiger partial charge in [-0.05, 0) is 46.9 Å². The number of nitrogens with two attached hydrogens (primary N) is 1. The van der Waals surface area contributed by atoms with Crippen molar-refractivity contribution in [2.24, 2.45) is 0 Å². The van der Waals surface area contributed by atoms with E-state index in [9.17, 15) is 22.0 Å². The molecule has 0 heterocycles. The normalized spacial score (nSPS) is 11.5. The molecule has 0 atom stereocenters. The zero-order chi connectivity index (χ0) is 15.8. The van der Waals surface area contributed by atoms with Crippen molar-refractivity contribution in [1.29, 1.82) is 0 Å².